The summed E-state index contributed by atoms with van der Waals surface area (Å²) >= 11 is 0. The number of carbonyl (C=O) groups is 4. The molecule has 43 heavy (non-hydrogen) atoms. The highest BCUT2D eigenvalue weighted by Gasteiger charge is 2.61. The van der Waals surface area contributed by atoms with Gasteiger partial charge in [0, 0.05) is 16.5 Å². The summed E-state index contributed by atoms with van der Waals surface area (Å²) in [5.74, 6) is -0.685. The maximum atomic E-state index is 13.6. The third-order valence-corrected chi connectivity index (χ3v) is 9.58. The Kier molecular flexibility index (Phi) is 6.68. The highest BCUT2D eigenvalue weighted by molar-refractivity contribution is 6.22. The molecule has 1 aliphatic heterocycles. The number of pyridine rings is 1. The summed E-state index contributed by atoms with van der Waals surface area (Å²) < 4.78 is 5.81. The van der Waals surface area contributed by atoms with Crippen LogP contribution in [0.5, 0.6) is 0 Å². The van der Waals surface area contributed by atoms with Crippen LogP contribution >= 0.6 is 0 Å². The highest BCUT2D eigenvalue weighted by Crippen LogP contribution is 2.56. The van der Waals surface area contributed by atoms with Gasteiger partial charge in [0.25, 0.3) is 0 Å². The SMILES string of the molecule is CCC(OC(=O)c1cc(-c2ccc(N3C(=O)C4C5CCC(C5)C4C3=O)cc2)nc2c(C)cccc12)C(=O)c1ccccc1. The number of hydrogen-bond donors (Lipinski definition) is 0. The topological polar surface area (TPSA) is 93.6 Å². The largest absolute Gasteiger partial charge is 0.450 e. The van der Waals surface area contributed by atoms with Gasteiger partial charge in [0.2, 0.25) is 17.6 Å². The van der Waals surface area contributed by atoms with Gasteiger partial charge in [-0.25, -0.2) is 9.78 Å². The lowest BCUT2D eigenvalue weighted by Gasteiger charge is -2.19. The number of imide groups is 1. The minimum atomic E-state index is -0.920. The normalized spacial score (nSPS) is 23.1. The number of ketones is 1. The molecule has 1 saturated heterocycles. The molecule has 0 radical (unpaired) electrons. The maximum absolute atomic E-state index is 13.6. The summed E-state index contributed by atoms with van der Waals surface area (Å²) in [6.45, 7) is 3.74. The molecule has 2 aliphatic carbocycles. The second-order valence-corrected chi connectivity index (χ2v) is 12.0. The number of anilines is 1. The quantitative estimate of drug-likeness (QED) is 0.141. The Morgan fingerprint density at radius 3 is 2.23 bits per heavy atom. The van der Waals surface area contributed by atoms with Gasteiger partial charge in [-0.05, 0) is 68.2 Å². The van der Waals surface area contributed by atoms with E-state index < -0.39 is 12.1 Å². The molecule has 7 nitrogen and oxygen atoms in total. The molecular weight excluding hydrogens is 540 g/mol. The van der Waals surface area contributed by atoms with Crippen LogP contribution < -0.4 is 4.90 Å². The smallest absolute Gasteiger partial charge is 0.339 e. The Bertz CT molecular complexity index is 1750. The van der Waals surface area contributed by atoms with E-state index in [9.17, 15) is 19.2 Å². The molecule has 3 aromatic carbocycles. The van der Waals surface area contributed by atoms with Crippen LogP contribution in [0.3, 0.4) is 0 Å². The van der Waals surface area contributed by atoms with Crippen molar-refractivity contribution < 1.29 is 23.9 Å². The first-order valence-corrected chi connectivity index (χ1v) is 15.0. The van der Waals surface area contributed by atoms with Gasteiger partial charge in [-0.3, -0.25) is 19.3 Å². The Morgan fingerprint density at radius 2 is 1.58 bits per heavy atom. The van der Waals surface area contributed by atoms with Crippen molar-refractivity contribution in [3.63, 3.8) is 0 Å². The first-order valence-electron chi connectivity index (χ1n) is 15.0. The lowest BCUT2D eigenvalue weighted by atomic mass is 9.81. The van der Waals surface area contributed by atoms with Gasteiger partial charge < -0.3 is 4.74 Å². The number of aryl methyl sites for hydroxylation is 1. The van der Waals surface area contributed by atoms with Gasteiger partial charge in [0.15, 0.2) is 6.10 Å². The van der Waals surface area contributed by atoms with Crippen LogP contribution in [-0.2, 0) is 14.3 Å². The molecule has 5 unspecified atom stereocenters. The van der Waals surface area contributed by atoms with Crippen molar-refractivity contribution in [1.29, 1.82) is 0 Å². The van der Waals surface area contributed by atoms with E-state index in [1.807, 2.05) is 50.2 Å². The number of para-hydroxylation sites is 1. The molecule has 216 valence electrons. The minimum absolute atomic E-state index is 0.0741. The molecular formula is C36H32N2O5. The van der Waals surface area contributed by atoms with E-state index >= 15 is 0 Å². The molecule has 5 atom stereocenters. The van der Waals surface area contributed by atoms with Crippen LogP contribution in [-0.4, -0.2) is 34.7 Å². The summed E-state index contributed by atoms with van der Waals surface area (Å²) in [5.41, 5.74) is 4.21. The molecule has 7 rings (SSSR count). The molecule has 2 saturated carbocycles. The second-order valence-electron chi connectivity index (χ2n) is 12.0. The molecule has 0 N–H and O–H groups in total. The zero-order valence-electron chi connectivity index (χ0n) is 24.2. The summed E-state index contributed by atoms with van der Waals surface area (Å²) in [7, 11) is 0. The molecule has 2 amide bonds. The number of fused-ring (bicyclic) bond motifs is 6. The Hall–Kier alpha value is -4.65. The first-order chi connectivity index (χ1) is 20.9. The predicted molar refractivity (Wildman–Crippen MR) is 162 cm³/mol. The maximum Gasteiger partial charge on any atom is 0.339 e. The molecule has 1 aromatic heterocycles. The van der Waals surface area contributed by atoms with Crippen LogP contribution in [0.2, 0.25) is 0 Å². The molecule has 2 bridgehead atoms. The number of nitrogens with zero attached hydrogens (tertiary/aromatic N) is 2. The Labute approximate surface area is 249 Å². The summed E-state index contributed by atoms with van der Waals surface area (Å²) in [5, 5.41) is 0.641. The Morgan fingerprint density at radius 1 is 0.907 bits per heavy atom. The number of ether oxygens (including phenoxy) is 1. The standard InChI is InChI=1S/C36H32N2O5/c1-3-29(33(39)22-9-5-4-6-10-22)43-36(42)27-19-28(37-32-20(2)8-7-11-26(27)32)21-14-16-25(17-15-21)38-34(40)30-23-12-13-24(18-23)31(30)35(38)41/h4-11,14-17,19,23-24,29-31H,3,12-13,18H2,1-2H3. The van der Waals surface area contributed by atoms with Gasteiger partial charge in [0.05, 0.1) is 34.3 Å². The van der Waals surface area contributed by atoms with Gasteiger partial charge in [-0.15, -0.1) is 0 Å². The molecule has 7 heteroatoms. The summed E-state index contributed by atoms with van der Waals surface area (Å²) in [6, 6.07) is 23.3. The zero-order valence-corrected chi connectivity index (χ0v) is 24.2. The van der Waals surface area contributed by atoms with E-state index in [1.54, 1.807) is 42.5 Å². The van der Waals surface area contributed by atoms with Crippen LogP contribution in [0.4, 0.5) is 5.69 Å². The van der Waals surface area contributed by atoms with Crippen LogP contribution in [0, 0.1) is 30.6 Å². The summed E-state index contributed by atoms with van der Waals surface area (Å²) in [4.78, 5) is 59.6. The van der Waals surface area contributed by atoms with E-state index in [0.29, 0.717) is 51.7 Å². The minimum Gasteiger partial charge on any atom is -0.450 e. The summed E-state index contributed by atoms with van der Waals surface area (Å²) in [6.07, 6.45) is 2.49. The molecule has 0 spiro atoms. The van der Waals surface area contributed by atoms with Crippen molar-refractivity contribution >= 4 is 40.2 Å². The number of benzene rings is 3. The number of aromatic nitrogens is 1. The van der Waals surface area contributed by atoms with E-state index in [-0.39, 0.29) is 29.4 Å². The number of amides is 2. The average Bonchev–Trinajstić information content (AvgIpc) is 3.73. The van der Waals surface area contributed by atoms with Crippen LogP contribution in [0.15, 0.2) is 78.9 Å². The fourth-order valence-corrected chi connectivity index (χ4v) is 7.46. The van der Waals surface area contributed by atoms with Crippen LogP contribution in [0.1, 0.15) is 58.9 Å². The lowest BCUT2D eigenvalue weighted by Crippen LogP contribution is -2.32. The van der Waals surface area contributed by atoms with Crippen molar-refractivity contribution in [2.45, 2.75) is 45.6 Å². The van der Waals surface area contributed by atoms with Gasteiger partial charge in [0.1, 0.15) is 0 Å². The number of rotatable bonds is 7. The van der Waals surface area contributed by atoms with Crippen molar-refractivity contribution in [1.82, 2.24) is 4.98 Å². The third-order valence-electron chi connectivity index (χ3n) is 9.58. The third kappa shape index (κ3) is 4.46. The number of Topliss-reactive ketones (excluding diaryl/α,β-unsaturated/α-hetero) is 1. The predicted octanol–water partition coefficient (Wildman–Crippen LogP) is 6.56. The fraction of sp³-hybridized carbons (Fsp3) is 0.306. The number of carbonyl (C=O) groups excluding carboxylic acids is 4. The van der Waals surface area contributed by atoms with Crippen molar-refractivity contribution in [2.24, 2.45) is 23.7 Å². The highest BCUT2D eigenvalue weighted by atomic mass is 16.5. The van der Waals surface area contributed by atoms with Gasteiger partial charge in [-0.1, -0.05) is 67.6 Å². The van der Waals surface area contributed by atoms with Crippen molar-refractivity contribution in [2.75, 3.05) is 4.90 Å². The van der Waals surface area contributed by atoms with Crippen molar-refractivity contribution in [3.8, 4) is 11.3 Å². The lowest BCUT2D eigenvalue weighted by molar-refractivity contribution is -0.123. The monoisotopic (exact) mass is 572 g/mol. The first kappa shape index (κ1) is 27.2. The van der Waals surface area contributed by atoms with E-state index in [2.05, 4.69) is 0 Å². The zero-order chi connectivity index (χ0) is 29.8. The average molecular weight is 573 g/mol. The molecule has 3 aliphatic rings. The second kappa shape index (κ2) is 10.6. The van der Waals surface area contributed by atoms with Gasteiger partial charge >= 0.3 is 5.97 Å². The van der Waals surface area contributed by atoms with Crippen molar-refractivity contribution in [3.05, 3.63) is 95.6 Å². The van der Waals surface area contributed by atoms with Crippen LogP contribution in [0.25, 0.3) is 22.2 Å². The van der Waals surface area contributed by atoms with E-state index in [0.717, 1.165) is 30.4 Å². The van der Waals surface area contributed by atoms with E-state index in [1.165, 1.54) is 4.90 Å². The Balaban J connectivity index is 1.20. The number of esters is 1. The molecule has 3 fully saturated rings. The van der Waals surface area contributed by atoms with E-state index in [4.69, 9.17) is 9.72 Å². The number of hydrogen-bond acceptors (Lipinski definition) is 6. The fourth-order valence-electron chi connectivity index (χ4n) is 7.46. The molecule has 2 heterocycles. The van der Waals surface area contributed by atoms with Gasteiger partial charge in [-0.2, -0.15) is 0 Å². The molecule has 4 aromatic rings.